The van der Waals surface area contributed by atoms with Crippen LogP contribution < -0.4 is 4.74 Å². The second-order valence-electron chi connectivity index (χ2n) is 2.46. The predicted octanol–water partition coefficient (Wildman–Crippen LogP) is 2.94. The number of rotatable bonds is 3. The molecule has 0 bridgehead atoms. The SMILES string of the molecule is CCOc1c(Br)cc(C=O)c(F)c1F. The van der Waals surface area contributed by atoms with Crippen LogP contribution in [0.15, 0.2) is 10.5 Å². The molecular weight excluding hydrogens is 258 g/mol. The molecule has 0 unspecified atom stereocenters. The van der Waals surface area contributed by atoms with Crippen LogP contribution in [0.5, 0.6) is 5.75 Å². The summed E-state index contributed by atoms with van der Waals surface area (Å²) in [6.45, 7) is 1.87. The van der Waals surface area contributed by atoms with Gasteiger partial charge in [0.1, 0.15) is 0 Å². The smallest absolute Gasteiger partial charge is 0.202 e. The first kappa shape index (κ1) is 11.1. The zero-order chi connectivity index (χ0) is 10.7. The zero-order valence-corrected chi connectivity index (χ0v) is 8.90. The highest BCUT2D eigenvalue weighted by molar-refractivity contribution is 9.10. The molecule has 0 heterocycles. The molecule has 0 aliphatic heterocycles. The summed E-state index contributed by atoms with van der Waals surface area (Å²) in [5.41, 5.74) is -0.335. The van der Waals surface area contributed by atoms with Gasteiger partial charge in [-0.05, 0) is 28.9 Å². The van der Waals surface area contributed by atoms with Crippen molar-refractivity contribution in [1.29, 1.82) is 0 Å². The number of hydrogen-bond acceptors (Lipinski definition) is 2. The molecule has 5 heteroatoms. The Morgan fingerprint density at radius 3 is 2.64 bits per heavy atom. The van der Waals surface area contributed by atoms with Crippen LogP contribution in [0.3, 0.4) is 0 Å². The lowest BCUT2D eigenvalue weighted by Gasteiger charge is -2.08. The minimum absolute atomic E-state index is 0.212. The van der Waals surface area contributed by atoms with Gasteiger partial charge in [0, 0.05) is 0 Å². The molecule has 0 saturated heterocycles. The van der Waals surface area contributed by atoms with Gasteiger partial charge in [-0.3, -0.25) is 4.79 Å². The first-order valence-corrected chi connectivity index (χ1v) is 4.66. The van der Waals surface area contributed by atoms with Gasteiger partial charge in [0.15, 0.2) is 17.9 Å². The number of carbonyl (C=O) groups excluding carboxylic acids is 1. The van der Waals surface area contributed by atoms with E-state index in [1.54, 1.807) is 6.92 Å². The van der Waals surface area contributed by atoms with Crippen LogP contribution in [0.4, 0.5) is 8.78 Å². The van der Waals surface area contributed by atoms with Gasteiger partial charge in [0.05, 0.1) is 16.6 Å². The van der Waals surface area contributed by atoms with E-state index < -0.39 is 11.6 Å². The van der Waals surface area contributed by atoms with E-state index in [4.69, 9.17) is 4.74 Å². The van der Waals surface area contributed by atoms with E-state index in [0.717, 1.165) is 0 Å². The largest absolute Gasteiger partial charge is 0.489 e. The summed E-state index contributed by atoms with van der Waals surface area (Å²) < 4.78 is 31.4. The van der Waals surface area contributed by atoms with Gasteiger partial charge in [-0.25, -0.2) is 4.39 Å². The molecule has 0 saturated carbocycles. The molecule has 0 atom stereocenters. The van der Waals surface area contributed by atoms with Gasteiger partial charge in [-0.15, -0.1) is 0 Å². The minimum Gasteiger partial charge on any atom is -0.489 e. The highest BCUT2D eigenvalue weighted by Crippen LogP contribution is 2.31. The molecule has 0 N–H and O–H groups in total. The molecule has 0 aromatic heterocycles. The summed E-state index contributed by atoms with van der Waals surface area (Å²) in [6, 6.07) is 1.18. The lowest BCUT2D eigenvalue weighted by molar-refractivity contribution is 0.111. The van der Waals surface area contributed by atoms with Gasteiger partial charge in [-0.1, -0.05) is 0 Å². The Labute approximate surface area is 88.0 Å². The molecule has 0 fully saturated rings. The van der Waals surface area contributed by atoms with Gasteiger partial charge in [0.2, 0.25) is 5.82 Å². The van der Waals surface area contributed by atoms with Crippen LogP contribution in [0.1, 0.15) is 17.3 Å². The molecule has 0 aliphatic rings. The Balaban J connectivity index is 3.33. The Hall–Kier alpha value is -0.970. The molecule has 2 nitrogen and oxygen atoms in total. The molecule has 0 amide bonds. The number of halogens is 3. The van der Waals surface area contributed by atoms with Crippen LogP contribution in [-0.2, 0) is 0 Å². The molecule has 1 aromatic rings. The van der Waals surface area contributed by atoms with Crippen LogP contribution in [-0.4, -0.2) is 12.9 Å². The monoisotopic (exact) mass is 264 g/mol. The number of hydrogen-bond donors (Lipinski definition) is 0. The maximum atomic E-state index is 13.2. The van der Waals surface area contributed by atoms with Gasteiger partial charge >= 0.3 is 0 Å². The van der Waals surface area contributed by atoms with Crippen molar-refractivity contribution in [3.8, 4) is 5.75 Å². The van der Waals surface area contributed by atoms with Gasteiger partial charge in [0.25, 0.3) is 0 Å². The first-order chi connectivity index (χ1) is 6.61. The highest BCUT2D eigenvalue weighted by Gasteiger charge is 2.17. The van der Waals surface area contributed by atoms with Crippen LogP contribution in [0, 0.1) is 11.6 Å². The van der Waals surface area contributed by atoms with E-state index in [9.17, 15) is 13.6 Å². The van der Waals surface area contributed by atoms with E-state index in [-0.39, 0.29) is 28.7 Å². The molecule has 0 radical (unpaired) electrons. The van der Waals surface area contributed by atoms with Crippen molar-refractivity contribution in [3.63, 3.8) is 0 Å². The molecule has 76 valence electrons. The fraction of sp³-hybridized carbons (Fsp3) is 0.222. The lowest BCUT2D eigenvalue weighted by Crippen LogP contribution is -2.01. The van der Waals surface area contributed by atoms with Crippen molar-refractivity contribution in [1.82, 2.24) is 0 Å². The van der Waals surface area contributed by atoms with Crippen molar-refractivity contribution in [2.45, 2.75) is 6.92 Å². The Morgan fingerprint density at radius 1 is 1.50 bits per heavy atom. The van der Waals surface area contributed by atoms with E-state index in [2.05, 4.69) is 15.9 Å². The summed E-state index contributed by atoms with van der Waals surface area (Å²) in [6.07, 6.45) is 0.249. The van der Waals surface area contributed by atoms with E-state index in [1.807, 2.05) is 0 Å². The van der Waals surface area contributed by atoms with E-state index >= 15 is 0 Å². The molecule has 1 aromatic carbocycles. The molecule has 1 rings (SSSR count). The molecule has 14 heavy (non-hydrogen) atoms. The number of carbonyl (C=O) groups is 1. The third-order valence-corrected chi connectivity index (χ3v) is 2.15. The number of benzene rings is 1. The Kier molecular flexibility index (Phi) is 3.57. The number of aldehydes is 1. The van der Waals surface area contributed by atoms with Crippen molar-refractivity contribution in [2.75, 3.05) is 6.61 Å². The van der Waals surface area contributed by atoms with Crippen LogP contribution >= 0.6 is 15.9 Å². The van der Waals surface area contributed by atoms with Crippen molar-refractivity contribution >= 4 is 22.2 Å². The zero-order valence-electron chi connectivity index (χ0n) is 7.31. The molecular formula is C9H7BrF2O2. The normalized spacial score (nSPS) is 10.0. The summed E-state index contributed by atoms with van der Waals surface area (Å²) in [5.74, 6) is -2.55. The van der Waals surface area contributed by atoms with Gasteiger partial charge < -0.3 is 4.74 Å². The quantitative estimate of drug-likeness (QED) is 0.620. The summed E-state index contributed by atoms with van der Waals surface area (Å²) in [4.78, 5) is 10.3. The average molecular weight is 265 g/mol. The van der Waals surface area contributed by atoms with E-state index in [1.165, 1.54) is 6.07 Å². The first-order valence-electron chi connectivity index (χ1n) is 3.87. The Bertz CT molecular complexity index is 366. The topological polar surface area (TPSA) is 26.3 Å². The standard InChI is InChI=1S/C9H7BrF2O2/c1-2-14-9-6(10)3-5(4-13)7(11)8(9)12/h3-4H,2H2,1H3. The predicted molar refractivity (Wildman–Crippen MR) is 50.6 cm³/mol. The minimum atomic E-state index is -1.19. The van der Waals surface area contributed by atoms with Crippen molar-refractivity contribution in [3.05, 3.63) is 27.7 Å². The van der Waals surface area contributed by atoms with Crippen LogP contribution in [0.25, 0.3) is 0 Å². The van der Waals surface area contributed by atoms with Crippen molar-refractivity contribution in [2.24, 2.45) is 0 Å². The molecule has 0 aliphatic carbocycles. The molecule has 0 spiro atoms. The highest BCUT2D eigenvalue weighted by atomic mass is 79.9. The maximum absolute atomic E-state index is 13.2. The second-order valence-corrected chi connectivity index (χ2v) is 3.31. The van der Waals surface area contributed by atoms with Crippen molar-refractivity contribution < 1.29 is 18.3 Å². The summed E-state index contributed by atoms with van der Waals surface area (Å²) in [5, 5.41) is 0. The van der Waals surface area contributed by atoms with E-state index in [0.29, 0.717) is 0 Å². The lowest BCUT2D eigenvalue weighted by atomic mass is 10.2. The summed E-state index contributed by atoms with van der Waals surface area (Å²) in [7, 11) is 0. The third-order valence-electron chi connectivity index (χ3n) is 1.56. The maximum Gasteiger partial charge on any atom is 0.202 e. The number of ether oxygens (including phenoxy) is 1. The third kappa shape index (κ3) is 1.92. The van der Waals surface area contributed by atoms with Gasteiger partial charge in [-0.2, -0.15) is 4.39 Å². The fourth-order valence-corrected chi connectivity index (χ4v) is 1.49. The Morgan fingerprint density at radius 2 is 2.14 bits per heavy atom. The fourth-order valence-electron chi connectivity index (χ4n) is 0.959. The average Bonchev–Trinajstić information content (AvgIpc) is 2.18. The second kappa shape index (κ2) is 4.50. The van der Waals surface area contributed by atoms with Crippen LogP contribution in [0.2, 0.25) is 0 Å². The summed E-state index contributed by atoms with van der Waals surface area (Å²) >= 11 is 2.98.